The fraction of sp³-hybridized carbons (Fsp3) is 0.625. The Morgan fingerprint density at radius 2 is 2.32 bits per heavy atom. The van der Waals surface area contributed by atoms with E-state index in [0.717, 1.165) is 50.2 Å². The van der Waals surface area contributed by atoms with Gasteiger partial charge >= 0.3 is 0 Å². The third-order valence-corrected chi connectivity index (χ3v) is 5.01. The summed E-state index contributed by atoms with van der Waals surface area (Å²) in [6, 6.07) is 0. The van der Waals surface area contributed by atoms with E-state index in [2.05, 4.69) is 24.1 Å². The molecule has 0 aliphatic carbocycles. The van der Waals surface area contributed by atoms with Crippen LogP contribution < -0.4 is 5.32 Å². The summed E-state index contributed by atoms with van der Waals surface area (Å²) >= 11 is 1.60. The van der Waals surface area contributed by atoms with Crippen LogP contribution in [0.15, 0.2) is 17.2 Å². The van der Waals surface area contributed by atoms with Gasteiger partial charge in [-0.1, -0.05) is 18.9 Å². The van der Waals surface area contributed by atoms with E-state index >= 15 is 0 Å². The van der Waals surface area contributed by atoms with Crippen LogP contribution >= 0.6 is 11.3 Å². The number of piperidine rings is 1. The van der Waals surface area contributed by atoms with Gasteiger partial charge in [0.2, 0.25) is 6.41 Å². The Balaban J connectivity index is 1.90. The van der Waals surface area contributed by atoms with E-state index in [1.54, 1.807) is 11.3 Å². The van der Waals surface area contributed by atoms with E-state index in [-0.39, 0.29) is 0 Å². The summed E-state index contributed by atoms with van der Waals surface area (Å²) in [6.07, 6.45) is 6.05. The third kappa shape index (κ3) is 4.55. The first-order valence-electron chi connectivity index (χ1n) is 7.88. The number of thiazole rings is 1. The van der Waals surface area contributed by atoms with Crippen LogP contribution in [0, 0.1) is 0 Å². The summed E-state index contributed by atoms with van der Waals surface area (Å²) in [4.78, 5) is 17.1. The number of amides is 1. The molecule has 2 rings (SSSR count). The highest BCUT2D eigenvalue weighted by Gasteiger charge is 2.23. The molecule has 1 aliphatic heterocycles. The molecule has 6 heteroatoms. The summed E-state index contributed by atoms with van der Waals surface area (Å²) in [7, 11) is 0. The SMILES string of the molecule is CCC/C(C)=C\NC(O)c1csc(C2CCN(C=O)CC2)n1. The first-order valence-corrected chi connectivity index (χ1v) is 8.76. The van der Waals surface area contributed by atoms with Crippen LogP contribution in [0.3, 0.4) is 0 Å². The van der Waals surface area contributed by atoms with Gasteiger partial charge < -0.3 is 15.3 Å². The van der Waals surface area contributed by atoms with E-state index in [1.165, 1.54) is 5.57 Å². The summed E-state index contributed by atoms with van der Waals surface area (Å²) in [5.74, 6) is 0.402. The first-order chi connectivity index (χ1) is 10.6. The number of nitrogens with zero attached hydrogens (tertiary/aromatic N) is 2. The maximum absolute atomic E-state index is 10.7. The highest BCUT2D eigenvalue weighted by molar-refractivity contribution is 7.09. The van der Waals surface area contributed by atoms with Crippen molar-refractivity contribution in [3.05, 3.63) is 27.9 Å². The zero-order valence-electron chi connectivity index (χ0n) is 13.3. The van der Waals surface area contributed by atoms with Gasteiger partial charge in [-0.05, 0) is 32.4 Å². The van der Waals surface area contributed by atoms with Crippen molar-refractivity contribution in [3.8, 4) is 0 Å². The molecule has 22 heavy (non-hydrogen) atoms. The largest absolute Gasteiger partial charge is 0.368 e. The monoisotopic (exact) mass is 323 g/mol. The number of carbonyl (C=O) groups is 1. The standard InChI is InChI=1S/C16H25N3O2S/c1-3-4-12(2)9-17-15(21)14-10-22-16(18-14)13-5-7-19(11-20)8-6-13/h9-11,13,15,17,21H,3-8H2,1-2H3/b12-9-. The lowest BCUT2D eigenvalue weighted by molar-refractivity contribution is -0.119. The average Bonchev–Trinajstić information content (AvgIpc) is 3.03. The van der Waals surface area contributed by atoms with E-state index in [4.69, 9.17) is 0 Å². The fourth-order valence-corrected chi connectivity index (χ4v) is 3.65. The topological polar surface area (TPSA) is 65.5 Å². The molecule has 1 amide bonds. The number of allylic oxidation sites excluding steroid dienone is 1. The molecule has 1 fully saturated rings. The van der Waals surface area contributed by atoms with E-state index in [1.807, 2.05) is 16.5 Å². The number of carbonyl (C=O) groups excluding carboxylic acids is 1. The van der Waals surface area contributed by atoms with Crippen LogP contribution in [-0.2, 0) is 4.79 Å². The van der Waals surface area contributed by atoms with Gasteiger partial charge in [-0.25, -0.2) is 4.98 Å². The fourth-order valence-electron chi connectivity index (χ4n) is 2.64. The van der Waals surface area contributed by atoms with Gasteiger partial charge in [-0.3, -0.25) is 4.79 Å². The summed E-state index contributed by atoms with van der Waals surface area (Å²) in [6.45, 7) is 5.78. The van der Waals surface area contributed by atoms with Crippen molar-refractivity contribution in [2.75, 3.05) is 13.1 Å². The molecule has 2 N–H and O–H groups in total. The number of aliphatic hydroxyl groups excluding tert-OH is 1. The molecule has 122 valence electrons. The van der Waals surface area contributed by atoms with Gasteiger partial charge in [0.15, 0.2) is 6.23 Å². The second-order valence-corrected chi connectivity index (χ2v) is 6.73. The maximum Gasteiger partial charge on any atom is 0.209 e. The predicted octanol–water partition coefficient (Wildman–Crippen LogP) is 2.76. The molecule has 0 saturated carbocycles. The molecule has 2 heterocycles. The van der Waals surface area contributed by atoms with E-state index in [9.17, 15) is 9.90 Å². The number of hydrogen-bond acceptors (Lipinski definition) is 5. The minimum Gasteiger partial charge on any atom is -0.368 e. The Morgan fingerprint density at radius 3 is 2.95 bits per heavy atom. The molecular weight excluding hydrogens is 298 g/mol. The lowest BCUT2D eigenvalue weighted by atomic mass is 9.98. The second-order valence-electron chi connectivity index (χ2n) is 5.84. The second kappa shape index (κ2) is 8.29. The molecule has 1 unspecified atom stereocenters. The van der Waals surface area contributed by atoms with Crippen LogP contribution in [0.4, 0.5) is 0 Å². The molecule has 1 aromatic rings. The van der Waals surface area contributed by atoms with Crippen LogP contribution in [-0.4, -0.2) is 34.5 Å². The zero-order chi connectivity index (χ0) is 15.9. The summed E-state index contributed by atoms with van der Waals surface area (Å²) in [5.41, 5.74) is 1.90. The average molecular weight is 323 g/mol. The Kier molecular flexibility index (Phi) is 6.39. The highest BCUT2D eigenvalue weighted by Crippen LogP contribution is 2.30. The quantitative estimate of drug-likeness (QED) is 0.598. The van der Waals surface area contributed by atoms with Crippen LogP contribution in [0.25, 0.3) is 0 Å². The predicted molar refractivity (Wildman–Crippen MR) is 88.5 cm³/mol. The number of aliphatic hydroxyl groups is 1. The van der Waals surface area contributed by atoms with Gasteiger partial charge in [-0.2, -0.15) is 0 Å². The number of hydrogen-bond donors (Lipinski definition) is 2. The van der Waals surface area contributed by atoms with Crippen molar-refractivity contribution in [2.45, 2.75) is 51.7 Å². The Bertz CT molecular complexity index is 507. The zero-order valence-corrected chi connectivity index (χ0v) is 14.1. The van der Waals surface area contributed by atoms with Crippen LogP contribution in [0.1, 0.15) is 62.4 Å². The lowest BCUT2D eigenvalue weighted by Gasteiger charge is -2.27. The molecule has 1 aromatic heterocycles. The molecule has 0 bridgehead atoms. The first kappa shape index (κ1) is 17.0. The molecule has 0 spiro atoms. The number of likely N-dealkylation sites (tertiary alicyclic amines) is 1. The highest BCUT2D eigenvalue weighted by atomic mass is 32.1. The molecule has 0 radical (unpaired) electrons. The lowest BCUT2D eigenvalue weighted by Crippen LogP contribution is -2.31. The normalized spacial score (nSPS) is 18.3. The number of rotatable bonds is 7. The van der Waals surface area contributed by atoms with Crippen LogP contribution in [0.2, 0.25) is 0 Å². The third-order valence-electron chi connectivity index (χ3n) is 3.98. The van der Waals surface area contributed by atoms with Crippen molar-refractivity contribution < 1.29 is 9.90 Å². The molecular formula is C16H25N3O2S. The smallest absolute Gasteiger partial charge is 0.209 e. The maximum atomic E-state index is 10.7. The van der Waals surface area contributed by atoms with Crippen molar-refractivity contribution in [3.63, 3.8) is 0 Å². The minimum atomic E-state index is -0.758. The molecule has 1 saturated heterocycles. The number of aromatic nitrogens is 1. The van der Waals surface area contributed by atoms with Gasteiger partial charge in [0.05, 0.1) is 5.01 Å². The van der Waals surface area contributed by atoms with Gasteiger partial charge in [-0.15, -0.1) is 11.3 Å². The molecule has 1 aliphatic rings. The van der Waals surface area contributed by atoms with Crippen molar-refractivity contribution in [1.29, 1.82) is 0 Å². The Labute approximate surface area is 136 Å². The van der Waals surface area contributed by atoms with E-state index < -0.39 is 6.23 Å². The van der Waals surface area contributed by atoms with Gasteiger partial charge in [0, 0.05) is 24.4 Å². The Morgan fingerprint density at radius 1 is 1.59 bits per heavy atom. The van der Waals surface area contributed by atoms with Gasteiger partial charge in [0.25, 0.3) is 0 Å². The molecule has 0 aromatic carbocycles. The summed E-state index contributed by atoms with van der Waals surface area (Å²) in [5, 5.41) is 16.1. The van der Waals surface area contributed by atoms with Crippen LogP contribution in [0.5, 0.6) is 0 Å². The van der Waals surface area contributed by atoms with E-state index in [0.29, 0.717) is 11.6 Å². The Hall–Kier alpha value is -1.40. The number of nitrogens with one attached hydrogen (secondary N) is 1. The van der Waals surface area contributed by atoms with Crippen molar-refractivity contribution in [2.24, 2.45) is 0 Å². The molecule has 1 atom stereocenters. The summed E-state index contributed by atoms with van der Waals surface area (Å²) < 4.78 is 0. The minimum absolute atomic E-state index is 0.402. The van der Waals surface area contributed by atoms with Crippen molar-refractivity contribution >= 4 is 17.7 Å². The van der Waals surface area contributed by atoms with Crippen molar-refractivity contribution in [1.82, 2.24) is 15.2 Å². The van der Waals surface area contributed by atoms with Gasteiger partial charge in [0.1, 0.15) is 5.69 Å². The molecule has 5 nitrogen and oxygen atoms in total.